The van der Waals surface area contributed by atoms with Crippen LogP contribution in [-0.2, 0) is 6.54 Å². The Morgan fingerprint density at radius 2 is 2.39 bits per heavy atom. The Balaban J connectivity index is 2.11. The van der Waals surface area contributed by atoms with Crippen molar-refractivity contribution in [3.05, 3.63) is 21.6 Å². The number of nitrogens with zero attached hydrogens (tertiary/aromatic N) is 2. The van der Waals surface area contributed by atoms with Crippen LogP contribution in [0.5, 0.6) is 0 Å². The Hall–Kier alpha value is -0.680. The normalized spacial score (nSPS) is 23.3. The first-order valence-corrected chi connectivity index (χ1v) is 7.87. The van der Waals surface area contributed by atoms with Crippen LogP contribution in [-0.4, -0.2) is 27.3 Å². The van der Waals surface area contributed by atoms with Gasteiger partial charge in [-0.05, 0) is 32.4 Å². The van der Waals surface area contributed by atoms with Gasteiger partial charge in [0.1, 0.15) is 5.02 Å². The Morgan fingerprint density at radius 1 is 1.61 bits per heavy atom. The fourth-order valence-electron chi connectivity index (χ4n) is 2.30. The molecule has 0 aromatic carbocycles. The number of rotatable bonds is 4. The molecule has 4 nitrogen and oxygen atoms in total. The summed E-state index contributed by atoms with van der Waals surface area (Å²) in [6.45, 7) is 2.41. The second-order valence-corrected chi connectivity index (χ2v) is 6.02. The van der Waals surface area contributed by atoms with Gasteiger partial charge in [-0.15, -0.1) is 0 Å². The van der Waals surface area contributed by atoms with E-state index in [1.807, 2.05) is 18.7 Å². The molecule has 6 heteroatoms. The van der Waals surface area contributed by atoms with E-state index in [-0.39, 0.29) is 10.6 Å². The molecule has 1 aliphatic rings. The third-order valence-electron chi connectivity index (χ3n) is 3.36. The monoisotopic (exact) mass is 287 g/mol. The first-order valence-electron chi connectivity index (χ1n) is 6.20. The van der Waals surface area contributed by atoms with Gasteiger partial charge < -0.3 is 5.32 Å². The van der Waals surface area contributed by atoms with E-state index in [4.69, 9.17) is 11.6 Å². The lowest BCUT2D eigenvalue weighted by Crippen LogP contribution is -2.25. The standard InChI is InChI=1S/C12H18ClN3OS/c1-3-16-12(17)11(13)10(7-14-16)15-8-4-5-9(6-8)18-2/h7-9,15H,3-6H2,1-2H3. The lowest BCUT2D eigenvalue weighted by molar-refractivity contribution is 0.615. The highest BCUT2D eigenvalue weighted by Crippen LogP contribution is 2.31. The first kappa shape index (κ1) is 13.7. The van der Waals surface area contributed by atoms with Crippen molar-refractivity contribution in [2.45, 2.75) is 44.0 Å². The number of halogens is 1. The van der Waals surface area contributed by atoms with Crippen molar-refractivity contribution >= 4 is 29.1 Å². The first-order chi connectivity index (χ1) is 8.65. The van der Waals surface area contributed by atoms with Gasteiger partial charge in [0.15, 0.2) is 0 Å². The maximum atomic E-state index is 11.8. The van der Waals surface area contributed by atoms with Crippen molar-refractivity contribution in [3.8, 4) is 0 Å². The molecule has 1 aromatic heterocycles. The van der Waals surface area contributed by atoms with Crippen molar-refractivity contribution in [2.75, 3.05) is 11.6 Å². The van der Waals surface area contributed by atoms with Gasteiger partial charge in [0.05, 0.1) is 11.9 Å². The summed E-state index contributed by atoms with van der Waals surface area (Å²) in [6.07, 6.45) is 7.26. The molecule has 2 unspecified atom stereocenters. The van der Waals surface area contributed by atoms with Gasteiger partial charge in [-0.3, -0.25) is 4.79 Å². The quantitative estimate of drug-likeness (QED) is 0.925. The van der Waals surface area contributed by atoms with Crippen LogP contribution >= 0.6 is 23.4 Å². The number of nitrogens with one attached hydrogen (secondary N) is 1. The molecular weight excluding hydrogens is 270 g/mol. The molecular formula is C12H18ClN3OS. The summed E-state index contributed by atoms with van der Waals surface area (Å²) < 4.78 is 1.37. The molecule has 1 saturated carbocycles. The topological polar surface area (TPSA) is 46.9 Å². The van der Waals surface area contributed by atoms with E-state index in [9.17, 15) is 4.79 Å². The summed E-state index contributed by atoms with van der Waals surface area (Å²) in [5.41, 5.74) is 0.446. The molecule has 0 bridgehead atoms. The molecule has 1 aliphatic carbocycles. The number of aromatic nitrogens is 2. The Morgan fingerprint density at radius 3 is 3.00 bits per heavy atom. The smallest absolute Gasteiger partial charge is 0.287 e. The zero-order valence-corrected chi connectivity index (χ0v) is 12.2. The number of aryl methyl sites for hydroxylation is 1. The molecule has 0 amide bonds. The largest absolute Gasteiger partial charge is 0.380 e. The van der Waals surface area contributed by atoms with Crippen molar-refractivity contribution in [1.82, 2.24) is 9.78 Å². The Labute approximate surface area is 116 Å². The van der Waals surface area contributed by atoms with Crippen LogP contribution in [0.25, 0.3) is 0 Å². The van der Waals surface area contributed by atoms with Crippen LogP contribution in [0.3, 0.4) is 0 Å². The van der Waals surface area contributed by atoms with E-state index >= 15 is 0 Å². The molecule has 1 N–H and O–H groups in total. The molecule has 100 valence electrons. The molecule has 0 spiro atoms. The SMILES string of the molecule is CCn1ncc(NC2CCC(SC)C2)c(Cl)c1=O. The molecule has 2 rings (SSSR count). The molecule has 18 heavy (non-hydrogen) atoms. The van der Waals surface area contributed by atoms with Crippen LogP contribution < -0.4 is 10.9 Å². The highest BCUT2D eigenvalue weighted by molar-refractivity contribution is 7.99. The van der Waals surface area contributed by atoms with Crippen molar-refractivity contribution < 1.29 is 0 Å². The Bertz CT molecular complexity index is 477. The molecule has 1 fully saturated rings. The molecule has 2 atom stereocenters. The van der Waals surface area contributed by atoms with Gasteiger partial charge in [-0.1, -0.05) is 11.6 Å². The molecule has 1 aromatic rings. The highest BCUT2D eigenvalue weighted by atomic mass is 35.5. The van der Waals surface area contributed by atoms with Gasteiger partial charge >= 0.3 is 0 Å². The predicted octanol–water partition coefficient (Wildman–Crippen LogP) is 2.61. The second-order valence-electron chi connectivity index (χ2n) is 4.51. The van der Waals surface area contributed by atoms with Crippen LogP contribution in [0.1, 0.15) is 26.2 Å². The Kier molecular flexibility index (Phi) is 4.56. The minimum atomic E-state index is -0.219. The highest BCUT2D eigenvalue weighted by Gasteiger charge is 2.24. The van der Waals surface area contributed by atoms with E-state index in [0.29, 0.717) is 23.5 Å². The van der Waals surface area contributed by atoms with E-state index in [1.54, 1.807) is 6.20 Å². The summed E-state index contributed by atoms with van der Waals surface area (Å²) in [5.74, 6) is 0. The fraction of sp³-hybridized carbons (Fsp3) is 0.667. The lowest BCUT2D eigenvalue weighted by atomic mass is 10.2. The molecule has 0 aliphatic heterocycles. The van der Waals surface area contributed by atoms with Crippen molar-refractivity contribution in [3.63, 3.8) is 0 Å². The average molecular weight is 288 g/mol. The fourth-order valence-corrected chi connectivity index (χ4v) is 3.29. The van der Waals surface area contributed by atoms with E-state index in [1.165, 1.54) is 11.1 Å². The average Bonchev–Trinajstić information content (AvgIpc) is 2.83. The second kappa shape index (κ2) is 5.97. The van der Waals surface area contributed by atoms with Gasteiger partial charge in [-0.25, -0.2) is 4.68 Å². The van der Waals surface area contributed by atoms with Crippen LogP contribution in [0.4, 0.5) is 5.69 Å². The third kappa shape index (κ3) is 2.83. The van der Waals surface area contributed by atoms with Gasteiger partial charge in [0, 0.05) is 17.8 Å². The zero-order chi connectivity index (χ0) is 13.1. The van der Waals surface area contributed by atoms with Crippen molar-refractivity contribution in [2.24, 2.45) is 0 Å². The van der Waals surface area contributed by atoms with Gasteiger partial charge in [0.25, 0.3) is 5.56 Å². The van der Waals surface area contributed by atoms with Crippen LogP contribution in [0.2, 0.25) is 5.02 Å². The minimum absolute atomic E-state index is 0.219. The number of thioether (sulfide) groups is 1. The van der Waals surface area contributed by atoms with E-state index in [2.05, 4.69) is 16.7 Å². The van der Waals surface area contributed by atoms with E-state index < -0.39 is 0 Å². The molecule has 1 heterocycles. The zero-order valence-electron chi connectivity index (χ0n) is 10.6. The summed E-state index contributed by atoms with van der Waals surface area (Å²) in [7, 11) is 0. The molecule has 0 radical (unpaired) electrons. The number of hydrogen-bond acceptors (Lipinski definition) is 4. The van der Waals surface area contributed by atoms with Crippen LogP contribution in [0, 0.1) is 0 Å². The lowest BCUT2D eigenvalue weighted by Gasteiger charge is -2.15. The summed E-state index contributed by atoms with van der Waals surface area (Å²) in [4.78, 5) is 11.8. The number of hydrogen-bond donors (Lipinski definition) is 1. The minimum Gasteiger partial charge on any atom is -0.380 e. The summed E-state index contributed by atoms with van der Waals surface area (Å²) in [5, 5.41) is 8.40. The molecule has 0 saturated heterocycles. The summed E-state index contributed by atoms with van der Waals surface area (Å²) in [6, 6.07) is 0.402. The van der Waals surface area contributed by atoms with Crippen molar-refractivity contribution in [1.29, 1.82) is 0 Å². The van der Waals surface area contributed by atoms with Crippen LogP contribution in [0.15, 0.2) is 11.0 Å². The predicted molar refractivity (Wildman–Crippen MR) is 77.7 cm³/mol. The maximum absolute atomic E-state index is 11.8. The van der Waals surface area contributed by atoms with Gasteiger partial charge in [0.2, 0.25) is 0 Å². The third-order valence-corrected chi connectivity index (χ3v) is 4.82. The number of anilines is 1. The van der Waals surface area contributed by atoms with E-state index in [0.717, 1.165) is 12.8 Å². The maximum Gasteiger partial charge on any atom is 0.287 e. The summed E-state index contributed by atoms with van der Waals surface area (Å²) >= 11 is 7.99. The van der Waals surface area contributed by atoms with Gasteiger partial charge in [-0.2, -0.15) is 16.9 Å².